The van der Waals surface area contributed by atoms with Gasteiger partial charge >= 0.3 is 6.72 Å². The minimum atomic E-state index is -2.59. The third kappa shape index (κ3) is 3.61. The van der Waals surface area contributed by atoms with E-state index >= 15 is 0 Å². The van der Waals surface area contributed by atoms with Crippen LogP contribution in [0.15, 0.2) is 0 Å². The molecule has 0 atom stereocenters. The lowest BCUT2D eigenvalue weighted by Gasteiger charge is -2.16. The Kier molecular flexibility index (Phi) is 5.44. The zero-order valence-corrected chi connectivity index (χ0v) is 7.78. The zero-order chi connectivity index (χ0) is 8.04. The number of nitrogens with two attached hydrogens (primary N) is 1. The van der Waals surface area contributed by atoms with Crippen LogP contribution >= 0.6 is 6.72 Å². The monoisotopic (exact) mass is 185 g/mol. The van der Waals surface area contributed by atoms with Crippen molar-refractivity contribution in [3.63, 3.8) is 0 Å². The van der Waals surface area contributed by atoms with E-state index in [-0.39, 0.29) is 0 Å². The molecule has 0 spiro atoms. The smallest absolute Gasteiger partial charge is 0.308 e. The van der Waals surface area contributed by atoms with E-state index in [1.54, 1.807) is 13.8 Å². The highest BCUT2D eigenvalue weighted by Crippen LogP contribution is 2.47. The summed E-state index contributed by atoms with van der Waals surface area (Å²) in [6.45, 7) is 1.93. The predicted octanol–water partition coefficient (Wildman–Crippen LogP) is 1.17. The summed E-state index contributed by atoms with van der Waals surface area (Å²) in [5, 5.41) is 0. The largest absolute Gasteiger partial charge is 0.343 e. The highest BCUT2D eigenvalue weighted by molar-refractivity contribution is 8.07. The first kappa shape index (κ1) is 10.5. The molecule has 0 saturated carbocycles. The standard InChI is InChI=1S/C4H12NO3PS/c1-3-6-9(10,8-5)7-4-2/h3-5H2,1-2H3. The fourth-order valence-electron chi connectivity index (χ4n) is 0.414. The minimum Gasteiger partial charge on any atom is -0.308 e. The van der Waals surface area contributed by atoms with Crippen LogP contribution in [0.2, 0.25) is 0 Å². The maximum atomic E-state index is 4.98. The van der Waals surface area contributed by atoms with Gasteiger partial charge < -0.3 is 9.05 Å². The number of hydrogen-bond donors (Lipinski definition) is 1. The average molecular weight is 185 g/mol. The second-order valence-electron chi connectivity index (χ2n) is 1.39. The van der Waals surface area contributed by atoms with Crippen LogP contribution in [0.1, 0.15) is 13.8 Å². The van der Waals surface area contributed by atoms with Gasteiger partial charge in [-0.15, -0.1) is 0 Å². The molecule has 0 aromatic heterocycles. The van der Waals surface area contributed by atoms with E-state index < -0.39 is 6.72 Å². The molecule has 0 radical (unpaired) electrons. The molecular formula is C4H12NO3PS. The Hall–Kier alpha value is 0.490. The van der Waals surface area contributed by atoms with Crippen LogP contribution in [0.5, 0.6) is 0 Å². The van der Waals surface area contributed by atoms with Crippen molar-refractivity contribution < 1.29 is 13.7 Å². The van der Waals surface area contributed by atoms with Gasteiger partial charge in [-0.25, -0.2) is 10.5 Å². The van der Waals surface area contributed by atoms with E-state index in [0.29, 0.717) is 13.2 Å². The number of rotatable bonds is 5. The van der Waals surface area contributed by atoms with Gasteiger partial charge in [-0.05, 0) is 25.7 Å². The molecule has 4 nitrogen and oxygen atoms in total. The van der Waals surface area contributed by atoms with E-state index in [4.69, 9.17) is 26.8 Å². The zero-order valence-electron chi connectivity index (χ0n) is 6.07. The van der Waals surface area contributed by atoms with E-state index in [0.717, 1.165) is 0 Å². The highest BCUT2D eigenvalue weighted by Gasteiger charge is 2.16. The summed E-state index contributed by atoms with van der Waals surface area (Å²) in [7, 11) is 0. The number of hydrogen-bond acceptors (Lipinski definition) is 5. The maximum Gasteiger partial charge on any atom is 0.343 e. The van der Waals surface area contributed by atoms with Crippen LogP contribution in [0, 0.1) is 0 Å². The maximum absolute atomic E-state index is 4.98. The van der Waals surface area contributed by atoms with Crippen molar-refractivity contribution in [2.24, 2.45) is 5.90 Å². The Morgan fingerprint density at radius 1 is 1.30 bits per heavy atom. The lowest BCUT2D eigenvalue weighted by Crippen LogP contribution is -2.03. The fraction of sp³-hybridized carbons (Fsp3) is 1.00. The normalized spacial score (nSPS) is 11.9. The molecule has 62 valence electrons. The summed E-state index contributed by atoms with van der Waals surface area (Å²) in [5.74, 6) is 4.87. The van der Waals surface area contributed by atoms with Crippen molar-refractivity contribution in [2.45, 2.75) is 13.8 Å². The van der Waals surface area contributed by atoms with Crippen LogP contribution in [0.3, 0.4) is 0 Å². The lowest BCUT2D eigenvalue weighted by atomic mass is 10.9. The molecule has 0 aliphatic heterocycles. The van der Waals surface area contributed by atoms with Crippen molar-refractivity contribution in [1.29, 1.82) is 0 Å². The molecular weight excluding hydrogens is 173 g/mol. The topological polar surface area (TPSA) is 53.7 Å². The molecule has 0 aromatic carbocycles. The first-order valence-electron chi connectivity index (χ1n) is 2.96. The van der Waals surface area contributed by atoms with Gasteiger partial charge in [0, 0.05) is 0 Å². The van der Waals surface area contributed by atoms with Crippen LogP contribution in [-0.4, -0.2) is 13.2 Å². The molecule has 2 N–H and O–H groups in total. The summed E-state index contributed by atoms with van der Waals surface area (Å²) in [5.41, 5.74) is 0. The van der Waals surface area contributed by atoms with E-state index in [1.165, 1.54) is 0 Å². The van der Waals surface area contributed by atoms with Crippen LogP contribution in [-0.2, 0) is 25.5 Å². The molecule has 0 unspecified atom stereocenters. The Bertz CT molecular complexity index is 122. The van der Waals surface area contributed by atoms with Crippen molar-refractivity contribution in [1.82, 2.24) is 0 Å². The summed E-state index contributed by atoms with van der Waals surface area (Å²) >= 11 is 4.82. The lowest BCUT2D eigenvalue weighted by molar-refractivity contribution is 0.169. The SMILES string of the molecule is CCOP(=S)(ON)OCC. The summed E-state index contributed by atoms with van der Waals surface area (Å²) in [4.78, 5) is 0. The average Bonchev–Trinajstić information content (AvgIpc) is 1.89. The minimum absolute atomic E-state index is 0.453. The van der Waals surface area contributed by atoms with Crippen LogP contribution < -0.4 is 5.90 Å². The summed E-state index contributed by atoms with van der Waals surface area (Å²) in [6.07, 6.45) is 0. The van der Waals surface area contributed by atoms with Crippen molar-refractivity contribution >= 4 is 18.5 Å². The van der Waals surface area contributed by atoms with E-state index in [1.807, 2.05) is 0 Å². The first-order chi connectivity index (χ1) is 4.68. The molecule has 0 aromatic rings. The molecule has 0 fully saturated rings. The molecule has 0 aliphatic carbocycles. The Balaban J connectivity index is 3.83. The third-order valence-electron chi connectivity index (χ3n) is 0.704. The van der Waals surface area contributed by atoms with Gasteiger partial charge in [0.25, 0.3) is 0 Å². The highest BCUT2D eigenvalue weighted by atomic mass is 32.5. The third-order valence-corrected chi connectivity index (χ3v) is 3.00. The van der Waals surface area contributed by atoms with Crippen molar-refractivity contribution in [2.75, 3.05) is 13.2 Å². The van der Waals surface area contributed by atoms with Crippen molar-refractivity contribution in [3.05, 3.63) is 0 Å². The molecule has 6 heteroatoms. The molecule has 0 bridgehead atoms. The Morgan fingerprint density at radius 2 is 1.70 bits per heavy atom. The van der Waals surface area contributed by atoms with Gasteiger partial charge in [-0.1, -0.05) is 0 Å². The first-order valence-corrected chi connectivity index (χ1v) is 5.51. The quantitative estimate of drug-likeness (QED) is 0.514. The van der Waals surface area contributed by atoms with Crippen LogP contribution in [0.4, 0.5) is 0 Å². The van der Waals surface area contributed by atoms with Gasteiger partial charge in [0.15, 0.2) is 0 Å². The molecule has 0 amide bonds. The molecule has 0 saturated heterocycles. The fourth-order valence-corrected chi connectivity index (χ4v) is 1.88. The van der Waals surface area contributed by atoms with Gasteiger partial charge in [-0.3, -0.25) is 0 Å². The predicted molar refractivity (Wildman–Crippen MR) is 42.8 cm³/mol. The van der Waals surface area contributed by atoms with E-state index in [9.17, 15) is 0 Å². The van der Waals surface area contributed by atoms with Gasteiger partial charge in [-0.2, -0.15) is 0 Å². The molecule has 0 heterocycles. The molecule has 0 rings (SSSR count). The molecule has 0 aliphatic rings. The Labute approximate surface area is 65.8 Å². The van der Waals surface area contributed by atoms with E-state index in [2.05, 4.69) is 4.62 Å². The van der Waals surface area contributed by atoms with Crippen molar-refractivity contribution in [3.8, 4) is 0 Å². The second-order valence-corrected chi connectivity index (χ2v) is 4.35. The molecule has 10 heavy (non-hydrogen) atoms. The summed E-state index contributed by atoms with van der Waals surface area (Å²) in [6, 6.07) is 0. The Morgan fingerprint density at radius 3 is 1.90 bits per heavy atom. The van der Waals surface area contributed by atoms with Gasteiger partial charge in [0.1, 0.15) is 0 Å². The van der Waals surface area contributed by atoms with Crippen LogP contribution in [0.25, 0.3) is 0 Å². The van der Waals surface area contributed by atoms with Gasteiger partial charge in [0.2, 0.25) is 0 Å². The summed E-state index contributed by atoms with van der Waals surface area (Å²) < 4.78 is 14.4. The second kappa shape index (κ2) is 5.18. The van der Waals surface area contributed by atoms with Gasteiger partial charge in [0.05, 0.1) is 13.2 Å².